The molecule has 0 aliphatic carbocycles. The lowest BCUT2D eigenvalue weighted by Crippen LogP contribution is -2.19. The first-order valence-corrected chi connectivity index (χ1v) is 7.25. The van der Waals surface area contributed by atoms with E-state index in [4.69, 9.17) is 9.47 Å². The molecular formula is C17H18N4O3. The van der Waals surface area contributed by atoms with E-state index in [0.717, 1.165) is 11.4 Å². The molecule has 0 unspecified atom stereocenters. The molecule has 3 rings (SSSR count). The van der Waals surface area contributed by atoms with Gasteiger partial charge in [-0.1, -0.05) is 6.58 Å². The number of rotatable bonds is 4. The third-order valence-corrected chi connectivity index (χ3v) is 3.46. The number of ether oxygens (including phenoxy) is 2. The van der Waals surface area contributed by atoms with Gasteiger partial charge in [0.2, 0.25) is 0 Å². The molecule has 0 atom stereocenters. The van der Waals surface area contributed by atoms with Crippen LogP contribution in [-0.4, -0.2) is 20.3 Å². The minimum Gasteiger partial charge on any atom is -0.497 e. The van der Waals surface area contributed by atoms with Crippen LogP contribution < -0.4 is 30.7 Å². The second-order valence-electron chi connectivity index (χ2n) is 5.17. The molecule has 4 N–H and O–H groups in total. The highest BCUT2D eigenvalue weighted by Gasteiger charge is 2.13. The van der Waals surface area contributed by atoms with Gasteiger partial charge in [0.25, 0.3) is 0 Å². The topological polar surface area (TPSA) is 83.7 Å². The maximum Gasteiger partial charge on any atom is 0.323 e. The lowest BCUT2D eigenvalue weighted by atomic mass is 10.2. The summed E-state index contributed by atoms with van der Waals surface area (Å²) < 4.78 is 10.4. The van der Waals surface area contributed by atoms with E-state index >= 15 is 0 Å². The molecule has 2 aromatic rings. The molecule has 0 aromatic heterocycles. The van der Waals surface area contributed by atoms with E-state index in [1.165, 1.54) is 0 Å². The van der Waals surface area contributed by atoms with Crippen molar-refractivity contribution in [1.82, 2.24) is 0 Å². The van der Waals surface area contributed by atoms with Crippen molar-refractivity contribution in [3.63, 3.8) is 0 Å². The van der Waals surface area contributed by atoms with Crippen LogP contribution in [0.1, 0.15) is 0 Å². The summed E-state index contributed by atoms with van der Waals surface area (Å²) in [6.07, 6.45) is 0. The first-order chi connectivity index (χ1) is 11.6. The van der Waals surface area contributed by atoms with Crippen molar-refractivity contribution >= 4 is 28.8 Å². The molecule has 0 saturated heterocycles. The van der Waals surface area contributed by atoms with E-state index in [9.17, 15) is 4.79 Å². The first kappa shape index (κ1) is 15.5. The van der Waals surface area contributed by atoms with Crippen LogP contribution in [0.4, 0.5) is 27.5 Å². The number of carbonyl (C=O) groups excluding carboxylic acids is 1. The van der Waals surface area contributed by atoms with Crippen LogP contribution in [0.15, 0.2) is 48.8 Å². The van der Waals surface area contributed by atoms with Gasteiger partial charge in [-0.05, 0) is 18.2 Å². The van der Waals surface area contributed by atoms with Gasteiger partial charge >= 0.3 is 6.03 Å². The minimum absolute atomic E-state index is 0.366. The molecule has 0 bridgehead atoms. The molecule has 1 heterocycles. The highest BCUT2D eigenvalue weighted by atomic mass is 16.5. The SMILES string of the molecule is C=C1Nc2ccc(NC(=O)Nc3cc(OC)cc(OC)c3)cc2N1. The van der Waals surface area contributed by atoms with Crippen LogP contribution in [0.25, 0.3) is 0 Å². The molecule has 0 fully saturated rings. The zero-order valence-corrected chi connectivity index (χ0v) is 13.4. The van der Waals surface area contributed by atoms with Crippen molar-refractivity contribution in [2.75, 3.05) is 35.5 Å². The number of hydrogen-bond acceptors (Lipinski definition) is 5. The quantitative estimate of drug-likeness (QED) is 0.689. The summed E-state index contributed by atoms with van der Waals surface area (Å²) in [6, 6.07) is 10.3. The average Bonchev–Trinajstić information content (AvgIpc) is 2.93. The lowest BCUT2D eigenvalue weighted by molar-refractivity contribution is 0.262. The molecule has 1 aliphatic rings. The number of urea groups is 1. The monoisotopic (exact) mass is 326 g/mol. The molecule has 0 radical (unpaired) electrons. The Morgan fingerprint density at radius 1 is 0.917 bits per heavy atom. The van der Waals surface area contributed by atoms with E-state index in [2.05, 4.69) is 27.8 Å². The number of fused-ring (bicyclic) bond motifs is 1. The maximum absolute atomic E-state index is 12.2. The Balaban J connectivity index is 1.70. The van der Waals surface area contributed by atoms with Gasteiger partial charge in [-0.3, -0.25) is 0 Å². The minimum atomic E-state index is -0.366. The Kier molecular flexibility index (Phi) is 4.15. The Labute approximate surface area is 139 Å². The number of anilines is 4. The van der Waals surface area contributed by atoms with Crippen LogP contribution in [0.5, 0.6) is 11.5 Å². The van der Waals surface area contributed by atoms with E-state index in [-0.39, 0.29) is 6.03 Å². The molecule has 7 heteroatoms. The Morgan fingerprint density at radius 2 is 1.54 bits per heavy atom. The highest BCUT2D eigenvalue weighted by molar-refractivity contribution is 6.01. The van der Waals surface area contributed by atoms with Crippen molar-refractivity contribution in [1.29, 1.82) is 0 Å². The Bertz CT molecular complexity index is 782. The molecule has 1 aliphatic heterocycles. The van der Waals surface area contributed by atoms with E-state index in [0.29, 0.717) is 28.7 Å². The summed E-state index contributed by atoms with van der Waals surface area (Å²) >= 11 is 0. The number of hydrogen-bond donors (Lipinski definition) is 4. The van der Waals surface area contributed by atoms with Crippen LogP contribution in [0, 0.1) is 0 Å². The normalized spacial score (nSPS) is 11.8. The van der Waals surface area contributed by atoms with E-state index < -0.39 is 0 Å². The second-order valence-corrected chi connectivity index (χ2v) is 5.17. The molecule has 0 saturated carbocycles. The maximum atomic E-state index is 12.2. The number of benzene rings is 2. The predicted molar refractivity (Wildman–Crippen MR) is 95.0 cm³/mol. The van der Waals surface area contributed by atoms with Gasteiger partial charge in [0.1, 0.15) is 17.3 Å². The Hall–Kier alpha value is -3.35. The fraction of sp³-hybridized carbons (Fsp3) is 0.118. The fourth-order valence-corrected chi connectivity index (χ4v) is 2.36. The van der Waals surface area contributed by atoms with Gasteiger partial charge < -0.3 is 30.7 Å². The molecule has 2 amide bonds. The van der Waals surface area contributed by atoms with Crippen molar-refractivity contribution in [2.45, 2.75) is 0 Å². The second kappa shape index (κ2) is 6.41. The molecule has 2 aromatic carbocycles. The predicted octanol–water partition coefficient (Wildman–Crippen LogP) is 3.66. The molecule has 24 heavy (non-hydrogen) atoms. The summed E-state index contributed by atoms with van der Waals surface area (Å²) in [5.41, 5.74) is 3.01. The van der Waals surface area contributed by atoms with Crippen LogP contribution in [0.2, 0.25) is 0 Å². The molecule has 0 spiro atoms. The standard InChI is InChI=1S/C17H18N4O3/c1-10-18-15-5-4-11(8-16(15)19-10)20-17(22)21-12-6-13(23-2)9-14(7-12)24-3/h4-9,18-19H,1H2,2-3H3,(H2,20,21,22). The third kappa shape index (κ3) is 3.35. The van der Waals surface area contributed by atoms with Crippen LogP contribution in [0.3, 0.4) is 0 Å². The largest absolute Gasteiger partial charge is 0.497 e. The van der Waals surface area contributed by atoms with Crippen molar-refractivity contribution in [2.24, 2.45) is 0 Å². The summed E-state index contributed by atoms with van der Waals surface area (Å²) in [6.45, 7) is 3.80. The van der Waals surface area contributed by atoms with Gasteiger partial charge in [-0.2, -0.15) is 0 Å². The van der Waals surface area contributed by atoms with Gasteiger partial charge in [-0.25, -0.2) is 4.79 Å². The molecular weight excluding hydrogens is 308 g/mol. The first-order valence-electron chi connectivity index (χ1n) is 7.25. The van der Waals surface area contributed by atoms with Crippen molar-refractivity contribution in [3.05, 3.63) is 48.8 Å². The average molecular weight is 326 g/mol. The van der Waals surface area contributed by atoms with Gasteiger partial charge in [-0.15, -0.1) is 0 Å². The number of nitrogens with one attached hydrogen (secondary N) is 4. The highest BCUT2D eigenvalue weighted by Crippen LogP contribution is 2.32. The van der Waals surface area contributed by atoms with Crippen LogP contribution in [-0.2, 0) is 0 Å². The third-order valence-electron chi connectivity index (χ3n) is 3.46. The van der Waals surface area contributed by atoms with E-state index in [1.807, 2.05) is 12.1 Å². The summed E-state index contributed by atoms with van der Waals surface area (Å²) in [4.78, 5) is 12.2. The van der Waals surface area contributed by atoms with E-state index in [1.54, 1.807) is 38.5 Å². The van der Waals surface area contributed by atoms with Crippen molar-refractivity contribution < 1.29 is 14.3 Å². The van der Waals surface area contributed by atoms with Gasteiger partial charge in [0.15, 0.2) is 0 Å². The lowest BCUT2D eigenvalue weighted by Gasteiger charge is -2.11. The van der Waals surface area contributed by atoms with Crippen molar-refractivity contribution in [3.8, 4) is 11.5 Å². The molecule has 7 nitrogen and oxygen atoms in total. The summed E-state index contributed by atoms with van der Waals surface area (Å²) in [5, 5.41) is 11.7. The fourth-order valence-electron chi connectivity index (χ4n) is 2.36. The number of carbonyl (C=O) groups is 1. The van der Waals surface area contributed by atoms with Crippen LogP contribution >= 0.6 is 0 Å². The Morgan fingerprint density at radius 3 is 2.21 bits per heavy atom. The summed E-state index contributed by atoms with van der Waals surface area (Å²) in [7, 11) is 3.11. The number of methoxy groups -OCH3 is 2. The van der Waals surface area contributed by atoms with Gasteiger partial charge in [0.05, 0.1) is 25.6 Å². The summed E-state index contributed by atoms with van der Waals surface area (Å²) in [5.74, 6) is 1.89. The zero-order valence-electron chi connectivity index (χ0n) is 13.4. The van der Waals surface area contributed by atoms with Gasteiger partial charge in [0, 0.05) is 29.6 Å². The number of amides is 2. The zero-order chi connectivity index (χ0) is 17.1. The smallest absolute Gasteiger partial charge is 0.323 e. The molecule has 124 valence electrons.